The molecule has 1 N–H and O–H groups in total. The van der Waals surface area contributed by atoms with Crippen molar-refractivity contribution in [1.82, 2.24) is 25.2 Å². The van der Waals surface area contributed by atoms with Crippen molar-refractivity contribution < 1.29 is 18.7 Å². The summed E-state index contributed by atoms with van der Waals surface area (Å²) in [5.41, 5.74) is 2.07. The molecule has 188 valence electrons. The van der Waals surface area contributed by atoms with Gasteiger partial charge in [0.1, 0.15) is 29.6 Å². The molecular weight excluding hydrogens is 458 g/mol. The van der Waals surface area contributed by atoms with Crippen LogP contribution in [0.25, 0.3) is 11.0 Å². The molecule has 4 aromatic rings. The minimum atomic E-state index is -0.903. The van der Waals surface area contributed by atoms with Crippen LogP contribution in [-0.4, -0.2) is 45.4 Å². The second kappa shape index (κ2) is 11.5. The van der Waals surface area contributed by atoms with Gasteiger partial charge in [0.05, 0.1) is 25.4 Å². The number of hydrogen-bond acceptors (Lipinski definition) is 6. The lowest BCUT2D eigenvalue weighted by Crippen LogP contribution is -2.45. The van der Waals surface area contributed by atoms with Crippen LogP contribution in [0.4, 0.5) is 0 Å². The highest BCUT2D eigenvalue weighted by Crippen LogP contribution is 2.27. The molecule has 0 aliphatic rings. The second-order valence-corrected chi connectivity index (χ2v) is 8.99. The van der Waals surface area contributed by atoms with Gasteiger partial charge in [-0.2, -0.15) is 0 Å². The van der Waals surface area contributed by atoms with E-state index in [-0.39, 0.29) is 24.9 Å². The molecule has 0 aliphatic heterocycles. The van der Waals surface area contributed by atoms with E-state index >= 15 is 0 Å². The van der Waals surface area contributed by atoms with Gasteiger partial charge in [-0.15, -0.1) is 5.10 Å². The fourth-order valence-electron chi connectivity index (χ4n) is 4.01. The Labute approximate surface area is 210 Å². The molecule has 2 aromatic carbocycles. The van der Waals surface area contributed by atoms with Gasteiger partial charge in [-0.1, -0.05) is 43.3 Å². The molecular formula is C27H31N5O4. The zero-order valence-electron chi connectivity index (χ0n) is 20.8. The lowest BCUT2D eigenvalue weighted by Gasteiger charge is -2.31. The number of benzene rings is 2. The quantitative estimate of drug-likeness (QED) is 0.342. The Kier molecular flexibility index (Phi) is 7.99. The average Bonchev–Trinajstić information content (AvgIpc) is 3.54. The number of hydrogen-bond donors (Lipinski definition) is 1. The predicted molar refractivity (Wildman–Crippen MR) is 135 cm³/mol. The summed E-state index contributed by atoms with van der Waals surface area (Å²) in [5, 5.41) is 11.3. The molecule has 2 aromatic heterocycles. The van der Waals surface area contributed by atoms with Gasteiger partial charge in [-0.3, -0.25) is 9.59 Å². The van der Waals surface area contributed by atoms with Crippen LogP contribution in [0.3, 0.4) is 0 Å². The highest BCUT2D eigenvalue weighted by Gasteiger charge is 2.33. The maximum Gasteiger partial charge on any atom is 0.247 e. The van der Waals surface area contributed by atoms with Gasteiger partial charge in [0.2, 0.25) is 11.8 Å². The van der Waals surface area contributed by atoms with Crippen LogP contribution in [-0.2, 0) is 22.7 Å². The molecule has 2 amide bonds. The number of aromatic nitrogens is 3. The number of para-hydroxylation sites is 1. The highest BCUT2D eigenvalue weighted by molar-refractivity contribution is 5.89. The number of nitrogens with zero attached hydrogens (tertiary/aromatic N) is 4. The number of ether oxygens (including phenoxy) is 1. The standard InChI is InChI=1S/C27H31N5O4/c1-19(2)13-14-28-27(34)26(20-8-6-9-21(16-20)35-3)31(17-22-10-7-15-36-22)25(33)18-32-24-12-5-4-11-23(24)29-30-32/h4-12,15-16,19,26H,13-14,17-18H2,1-3H3,(H,28,34)/t26-/m0/s1. The minimum Gasteiger partial charge on any atom is -0.497 e. The summed E-state index contributed by atoms with van der Waals surface area (Å²) >= 11 is 0. The third kappa shape index (κ3) is 5.91. The molecule has 0 radical (unpaired) electrons. The Morgan fingerprint density at radius 3 is 2.69 bits per heavy atom. The Balaban J connectivity index is 1.70. The van der Waals surface area contributed by atoms with E-state index in [1.54, 1.807) is 42.3 Å². The Morgan fingerprint density at radius 1 is 1.11 bits per heavy atom. The number of nitrogens with one attached hydrogen (secondary N) is 1. The summed E-state index contributed by atoms with van der Waals surface area (Å²) in [4.78, 5) is 28.9. The predicted octanol–water partition coefficient (Wildman–Crippen LogP) is 3.97. The van der Waals surface area contributed by atoms with E-state index in [1.165, 1.54) is 4.90 Å². The first kappa shape index (κ1) is 25.0. The third-order valence-corrected chi connectivity index (χ3v) is 5.92. The summed E-state index contributed by atoms with van der Waals surface area (Å²) in [7, 11) is 1.57. The fourth-order valence-corrected chi connectivity index (χ4v) is 4.01. The smallest absolute Gasteiger partial charge is 0.247 e. The van der Waals surface area contributed by atoms with E-state index in [0.717, 1.165) is 11.9 Å². The van der Waals surface area contributed by atoms with E-state index in [9.17, 15) is 9.59 Å². The monoisotopic (exact) mass is 489 g/mol. The van der Waals surface area contributed by atoms with Crippen molar-refractivity contribution in [3.63, 3.8) is 0 Å². The topological polar surface area (TPSA) is 102 Å². The van der Waals surface area contributed by atoms with Gasteiger partial charge in [0, 0.05) is 6.54 Å². The first-order chi connectivity index (χ1) is 17.5. The molecule has 36 heavy (non-hydrogen) atoms. The summed E-state index contributed by atoms with van der Waals surface area (Å²) in [6.07, 6.45) is 2.37. The number of furan rings is 1. The maximum atomic E-state index is 13.8. The summed E-state index contributed by atoms with van der Waals surface area (Å²) in [5.74, 6) is 1.03. The summed E-state index contributed by atoms with van der Waals surface area (Å²) in [6.45, 7) is 4.73. The lowest BCUT2D eigenvalue weighted by atomic mass is 10.0. The van der Waals surface area contributed by atoms with Crippen LogP contribution >= 0.6 is 0 Å². The van der Waals surface area contributed by atoms with Crippen molar-refractivity contribution in [3.8, 4) is 5.75 Å². The van der Waals surface area contributed by atoms with Gasteiger partial charge in [-0.05, 0) is 54.3 Å². The van der Waals surface area contributed by atoms with Crippen molar-refractivity contribution in [2.75, 3.05) is 13.7 Å². The minimum absolute atomic E-state index is 0.0824. The zero-order valence-corrected chi connectivity index (χ0v) is 20.8. The van der Waals surface area contributed by atoms with Gasteiger partial charge in [0.15, 0.2) is 0 Å². The fraction of sp³-hybridized carbons (Fsp3) is 0.333. The number of fused-ring (bicyclic) bond motifs is 1. The Morgan fingerprint density at radius 2 is 1.94 bits per heavy atom. The Hall–Kier alpha value is -4.14. The summed E-state index contributed by atoms with van der Waals surface area (Å²) < 4.78 is 12.5. The molecule has 9 nitrogen and oxygen atoms in total. The molecule has 0 fully saturated rings. The van der Waals surface area contributed by atoms with Crippen LogP contribution in [0.2, 0.25) is 0 Å². The van der Waals surface area contributed by atoms with Crippen molar-refractivity contribution >= 4 is 22.8 Å². The first-order valence-corrected chi connectivity index (χ1v) is 12.0. The molecule has 2 heterocycles. The number of amides is 2. The first-order valence-electron chi connectivity index (χ1n) is 12.0. The average molecular weight is 490 g/mol. The number of carbonyl (C=O) groups excluding carboxylic acids is 2. The number of rotatable bonds is 11. The molecule has 0 saturated heterocycles. The van der Waals surface area contributed by atoms with E-state index in [2.05, 4.69) is 29.5 Å². The van der Waals surface area contributed by atoms with E-state index in [4.69, 9.17) is 9.15 Å². The zero-order chi connectivity index (χ0) is 25.5. The van der Waals surface area contributed by atoms with Crippen molar-refractivity contribution in [1.29, 1.82) is 0 Å². The molecule has 0 unspecified atom stereocenters. The normalized spacial score (nSPS) is 12.0. The number of carbonyl (C=O) groups is 2. The van der Waals surface area contributed by atoms with Crippen molar-refractivity contribution in [2.45, 2.75) is 39.4 Å². The van der Waals surface area contributed by atoms with Crippen molar-refractivity contribution in [2.24, 2.45) is 5.92 Å². The molecule has 0 aliphatic carbocycles. The largest absolute Gasteiger partial charge is 0.497 e. The van der Waals surface area contributed by atoms with Crippen molar-refractivity contribution in [3.05, 3.63) is 78.3 Å². The molecule has 0 spiro atoms. The van der Waals surface area contributed by atoms with Crippen LogP contribution in [0.1, 0.15) is 37.6 Å². The molecule has 0 bridgehead atoms. The molecule has 9 heteroatoms. The van der Waals surface area contributed by atoms with Gasteiger partial charge >= 0.3 is 0 Å². The molecule has 1 atom stereocenters. The van der Waals surface area contributed by atoms with E-state index < -0.39 is 6.04 Å². The third-order valence-electron chi connectivity index (χ3n) is 5.92. The van der Waals surface area contributed by atoms with E-state index in [1.807, 2.05) is 36.4 Å². The van der Waals surface area contributed by atoms with Crippen LogP contribution in [0.5, 0.6) is 5.75 Å². The SMILES string of the molecule is COc1cccc([C@@H](C(=O)NCCC(C)C)N(Cc2ccco2)C(=O)Cn2nnc3ccccc32)c1. The number of methoxy groups -OCH3 is 1. The Bertz CT molecular complexity index is 1300. The lowest BCUT2D eigenvalue weighted by molar-refractivity contribution is -0.142. The highest BCUT2D eigenvalue weighted by atomic mass is 16.5. The van der Waals surface area contributed by atoms with Crippen LogP contribution < -0.4 is 10.1 Å². The van der Waals surface area contributed by atoms with Crippen LogP contribution in [0.15, 0.2) is 71.3 Å². The second-order valence-electron chi connectivity index (χ2n) is 8.99. The van der Waals surface area contributed by atoms with Gasteiger partial charge in [0.25, 0.3) is 0 Å². The van der Waals surface area contributed by atoms with Gasteiger partial charge < -0.3 is 19.4 Å². The molecule has 0 saturated carbocycles. The van der Waals surface area contributed by atoms with Crippen LogP contribution in [0, 0.1) is 5.92 Å². The van der Waals surface area contributed by atoms with E-state index in [0.29, 0.717) is 35.1 Å². The molecule has 4 rings (SSSR count). The summed E-state index contributed by atoms with van der Waals surface area (Å²) in [6, 6.07) is 17.3. The maximum absolute atomic E-state index is 13.8. The van der Waals surface area contributed by atoms with Gasteiger partial charge in [-0.25, -0.2) is 4.68 Å².